The van der Waals surface area contributed by atoms with Crippen LogP contribution in [0, 0.1) is 0 Å². The van der Waals surface area contributed by atoms with Gasteiger partial charge in [0.2, 0.25) is 0 Å². The molecule has 214 valence electrons. The Morgan fingerprint density at radius 1 is 0.306 bits per heavy atom. The van der Waals surface area contributed by atoms with Crippen molar-refractivity contribution in [3.63, 3.8) is 0 Å². The minimum absolute atomic E-state index is 5.19. The van der Waals surface area contributed by atoms with Crippen molar-refractivity contribution in [2.75, 3.05) is 0 Å². The standard InChI is InChI=1S/C12F23N/c13-1(2(14,15)4(18,19)6(22,23)5(20,21)3(1,16)17)10(30,31)36-11(32,33)8(26,27)7(24,25)9(28,29)12(36,34)35. The van der Waals surface area contributed by atoms with Crippen LogP contribution in [0.25, 0.3) is 0 Å². The Morgan fingerprint density at radius 3 is 0.750 bits per heavy atom. The van der Waals surface area contributed by atoms with E-state index >= 15 is 0 Å². The highest BCUT2D eigenvalue weighted by atomic mass is 19.4. The van der Waals surface area contributed by atoms with Crippen LogP contribution in [0.15, 0.2) is 0 Å². The number of hydrogen-bond donors (Lipinski definition) is 0. The number of halogens is 23. The van der Waals surface area contributed by atoms with Crippen molar-refractivity contribution in [2.24, 2.45) is 0 Å². The van der Waals surface area contributed by atoms with Gasteiger partial charge in [0, 0.05) is 0 Å². The van der Waals surface area contributed by atoms with Gasteiger partial charge in [0.1, 0.15) is 0 Å². The summed E-state index contributed by atoms with van der Waals surface area (Å²) in [6.45, 7) is 0. The lowest BCUT2D eigenvalue weighted by atomic mass is 9.70. The van der Waals surface area contributed by atoms with Gasteiger partial charge in [-0.15, -0.1) is 4.90 Å². The summed E-state index contributed by atoms with van der Waals surface area (Å²) in [5.74, 6) is -68.8. The van der Waals surface area contributed by atoms with E-state index in [1.165, 1.54) is 0 Å². The topological polar surface area (TPSA) is 3.24 Å². The summed E-state index contributed by atoms with van der Waals surface area (Å²) < 4.78 is 311. The lowest BCUT2D eigenvalue weighted by molar-refractivity contribution is -0.571. The molecule has 2 aliphatic rings. The predicted octanol–water partition coefficient (Wildman–Crippen LogP) is 6.88. The van der Waals surface area contributed by atoms with Gasteiger partial charge in [0.25, 0.3) is 0 Å². The van der Waals surface area contributed by atoms with Crippen LogP contribution in [-0.2, 0) is 0 Å². The van der Waals surface area contributed by atoms with Crippen molar-refractivity contribution in [3.05, 3.63) is 0 Å². The van der Waals surface area contributed by atoms with Crippen molar-refractivity contribution >= 4 is 0 Å². The maximum Gasteiger partial charge on any atom is 0.393 e. The summed E-state index contributed by atoms with van der Waals surface area (Å²) in [5.41, 5.74) is -9.35. The zero-order chi connectivity index (χ0) is 29.6. The first-order valence-corrected chi connectivity index (χ1v) is 7.77. The Balaban J connectivity index is 3.12. The summed E-state index contributed by atoms with van der Waals surface area (Å²) >= 11 is 0. The minimum Gasteiger partial charge on any atom is -0.221 e. The highest BCUT2D eigenvalue weighted by molar-refractivity contribution is 5.31. The second-order valence-electron chi connectivity index (χ2n) is 7.21. The Morgan fingerprint density at radius 2 is 0.500 bits per heavy atom. The van der Waals surface area contributed by atoms with Crippen LogP contribution < -0.4 is 0 Å². The first-order chi connectivity index (χ1) is 15.1. The number of nitrogens with zero attached hydrogens (tertiary/aromatic N) is 1. The van der Waals surface area contributed by atoms with E-state index in [-0.39, 0.29) is 0 Å². The van der Waals surface area contributed by atoms with E-state index < -0.39 is 76.1 Å². The lowest BCUT2D eigenvalue weighted by Crippen LogP contribution is -2.92. The molecule has 1 aliphatic carbocycles. The fraction of sp³-hybridized carbons (Fsp3) is 1.00. The molecular formula is C12F23N. The maximum atomic E-state index is 14.5. The summed E-state index contributed by atoms with van der Waals surface area (Å²) in [5, 5.41) is 0. The van der Waals surface area contributed by atoms with Gasteiger partial charge in [-0.05, 0) is 0 Å². The Labute approximate surface area is 178 Å². The molecule has 0 bridgehead atoms. The molecule has 0 aromatic heterocycles. The van der Waals surface area contributed by atoms with Gasteiger partial charge in [0.05, 0.1) is 0 Å². The summed E-state index contributed by atoms with van der Waals surface area (Å²) in [6, 6.07) is -26.7. The number of rotatable bonds is 2. The second-order valence-corrected chi connectivity index (χ2v) is 7.21. The van der Waals surface area contributed by atoms with Crippen molar-refractivity contribution in [2.45, 2.75) is 71.2 Å². The number of hydrogen-bond acceptors (Lipinski definition) is 1. The van der Waals surface area contributed by atoms with Gasteiger partial charge in [-0.2, -0.15) is 96.6 Å². The Kier molecular flexibility index (Phi) is 5.51. The van der Waals surface area contributed by atoms with Crippen LogP contribution in [0.3, 0.4) is 0 Å². The lowest BCUT2D eigenvalue weighted by Gasteiger charge is -2.59. The molecule has 36 heavy (non-hydrogen) atoms. The van der Waals surface area contributed by atoms with E-state index in [0.717, 1.165) is 0 Å². The van der Waals surface area contributed by atoms with Crippen LogP contribution in [0.4, 0.5) is 101 Å². The van der Waals surface area contributed by atoms with Crippen molar-refractivity contribution < 1.29 is 101 Å². The highest BCUT2D eigenvalue weighted by Crippen LogP contribution is 2.75. The average Bonchev–Trinajstić information content (AvgIpc) is 2.63. The summed E-state index contributed by atoms with van der Waals surface area (Å²) in [7, 11) is 0. The highest BCUT2D eigenvalue weighted by Gasteiger charge is 3.08. The van der Waals surface area contributed by atoms with Gasteiger partial charge < -0.3 is 0 Å². The van der Waals surface area contributed by atoms with Crippen LogP contribution in [0.1, 0.15) is 0 Å². The van der Waals surface area contributed by atoms with E-state index in [9.17, 15) is 101 Å². The molecule has 1 saturated carbocycles. The molecule has 1 nitrogen and oxygen atoms in total. The second kappa shape index (κ2) is 6.49. The molecule has 1 saturated heterocycles. The third-order valence-electron chi connectivity index (χ3n) is 5.24. The molecule has 1 heterocycles. The Bertz CT molecular complexity index is 867. The van der Waals surface area contributed by atoms with Gasteiger partial charge in [-0.1, -0.05) is 0 Å². The minimum atomic E-state index is -9.35. The fourth-order valence-corrected chi connectivity index (χ4v) is 3.14. The summed E-state index contributed by atoms with van der Waals surface area (Å²) in [6.07, 6.45) is 0. The van der Waals surface area contributed by atoms with Crippen LogP contribution in [0.5, 0.6) is 0 Å². The van der Waals surface area contributed by atoms with Gasteiger partial charge in [-0.3, -0.25) is 0 Å². The molecule has 0 amide bonds. The normalized spacial score (nSPS) is 34.1. The van der Waals surface area contributed by atoms with E-state index in [4.69, 9.17) is 0 Å². The molecule has 2 fully saturated rings. The number of likely N-dealkylation sites (tertiary alicyclic amines) is 1. The van der Waals surface area contributed by atoms with Crippen LogP contribution in [0.2, 0.25) is 0 Å². The van der Waals surface area contributed by atoms with Gasteiger partial charge in [-0.25, -0.2) is 4.39 Å². The molecular weight excluding hydrogens is 595 g/mol. The number of piperidine rings is 1. The van der Waals surface area contributed by atoms with Crippen LogP contribution in [-0.4, -0.2) is 76.1 Å². The van der Waals surface area contributed by atoms with E-state index in [0.29, 0.717) is 0 Å². The van der Waals surface area contributed by atoms with E-state index in [1.807, 2.05) is 0 Å². The molecule has 0 N–H and O–H groups in total. The molecule has 1 aliphatic heterocycles. The first-order valence-electron chi connectivity index (χ1n) is 7.77. The zero-order valence-corrected chi connectivity index (χ0v) is 15.1. The SMILES string of the molecule is FC1(F)N(C(F)(F)C2(F)C(F)(F)C(F)(F)C(F)(F)C(F)(F)C2(F)F)C(F)(F)C(F)(F)C(F)(F)C1(F)F. The molecule has 0 radical (unpaired) electrons. The third kappa shape index (κ3) is 2.39. The average molecular weight is 595 g/mol. The van der Waals surface area contributed by atoms with Crippen LogP contribution >= 0.6 is 0 Å². The third-order valence-corrected chi connectivity index (χ3v) is 5.24. The van der Waals surface area contributed by atoms with Gasteiger partial charge in [0.15, 0.2) is 0 Å². The van der Waals surface area contributed by atoms with Crippen molar-refractivity contribution in [1.82, 2.24) is 4.90 Å². The van der Waals surface area contributed by atoms with E-state index in [1.54, 1.807) is 0 Å². The number of alkyl halides is 23. The quantitative estimate of drug-likeness (QED) is 0.249. The molecule has 0 atom stereocenters. The zero-order valence-electron chi connectivity index (χ0n) is 15.1. The molecule has 24 heteroatoms. The van der Waals surface area contributed by atoms with Crippen molar-refractivity contribution in [3.8, 4) is 0 Å². The molecule has 0 aromatic carbocycles. The van der Waals surface area contributed by atoms with E-state index in [2.05, 4.69) is 0 Å². The first kappa shape index (κ1) is 30.6. The smallest absolute Gasteiger partial charge is 0.221 e. The molecule has 0 unspecified atom stereocenters. The molecule has 2 rings (SSSR count). The van der Waals surface area contributed by atoms with Gasteiger partial charge >= 0.3 is 71.2 Å². The summed E-state index contributed by atoms with van der Waals surface area (Å²) in [4.78, 5) is -5.19. The monoisotopic (exact) mass is 595 g/mol. The largest absolute Gasteiger partial charge is 0.393 e. The molecule has 0 spiro atoms. The fourth-order valence-electron chi connectivity index (χ4n) is 3.14. The Hall–Kier alpha value is -1.65. The molecule has 0 aromatic rings. The van der Waals surface area contributed by atoms with Crippen molar-refractivity contribution in [1.29, 1.82) is 0 Å². The maximum absolute atomic E-state index is 14.5. The predicted molar refractivity (Wildman–Crippen MR) is 60.1 cm³/mol.